The van der Waals surface area contributed by atoms with Crippen molar-refractivity contribution in [2.75, 3.05) is 19.0 Å². The molecule has 0 bridgehead atoms. The van der Waals surface area contributed by atoms with Crippen LogP contribution in [0.1, 0.15) is 5.89 Å². The third-order valence-electron chi connectivity index (χ3n) is 4.50. The predicted molar refractivity (Wildman–Crippen MR) is 107 cm³/mol. The van der Waals surface area contributed by atoms with E-state index in [1.54, 1.807) is 19.4 Å². The number of hydrogen-bond donors (Lipinski definition) is 0. The second-order valence-corrected chi connectivity index (χ2v) is 7.49. The van der Waals surface area contributed by atoms with Crippen molar-refractivity contribution < 1.29 is 4.42 Å². The van der Waals surface area contributed by atoms with E-state index in [-0.39, 0.29) is 5.56 Å². The van der Waals surface area contributed by atoms with Gasteiger partial charge in [-0.05, 0) is 24.3 Å². The minimum absolute atomic E-state index is 0.118. The molecule has 5 aromatic rings. The number of nitrogens with zero attached hydrogens (tertiary/aromatic N) is 5. The summed E-state index contributed by atoms with van der Waals surface area (Å²) in [5, 5.41) is 0.911. The molecule has 0 N–H and O–H groups in total. The Morgan fingerprint density at radius 1 is 1.19 bits per heavy atom. The Kier molecular flexibility index (Phi) is 3.32. The van der Waals surface area contributed by atoms with Crippen LogP contribution in [0, 0.1) is 6.92 Å². The van der Waals surface area contributed by atoms with E-state index in [1.807, 2.05) is 43.3 Å². The zero-order valence-electron chi connectivity index (χ0n) is 14.9. The number of hydrogen-bond acceptors (Lipinski definition) is 7. The monoisotopic (exact) mass is 377 g/mol. The fraction of sp³-hybridized carbons (Fsp3) is 0.158. The van der Waals surface area contributed by atoms with Crippen LogP contribution in [0.25, 0.3) is 37.2 Å². The number of benzene rings is 1. The number of rotatable bonds is 2. The summed E-state index contributed by atoms with van der Waals surface area (Å²) in [5.41, 5.74) is 3.67. The molecule has 0 fully saturated rings. The molecule has 0 saturated carbocycles. The van der Waals surface area contributed by atoms with Crippen LogP contribution in [0.15, 0.2) is 46.0 Å². The molecule has 0 saturated heterocycles. The molecule has 0 aliphatic rings. The molecule has 4 aromatic heterocycles. The average molecular weight is 377 g/mol. The van der Waals surface area contributed by atoms with Crippen LogP contribution in [0.3, 0.4) is 0 Å². The van der Waals surface area contributed by atoms with E-state index in [4.69, 9.17) is 4.42 Å². The Bertz CT molecular complexity index is 1400. The van der Waals surface area contributed by atoms with Gasteiger partial charge in [-0.1, -0.05) is 0 Å². The highest BCUT2D eigenvalue weighted by molar-refractivity contribution is 7.25. The van der Waals surface area contributed by atoms with Gasteiger partial charge in [-0.3, -0.25) is 9.36 Å². The Morgan fingerprint density at radius 2 is 2.04 bits per heavy atom. The van der Waals surface area contributed by atoms with Crippen molar-refractivity contribution in [3.63, 3.8) is 0 Å². The summed E-state index contributed by atoms with van der Waals surface area (Å²) in [5.74, 6) is 0.592. The van der Waals surface area contributed by atoms with Gasteiger partial charge < -0.3 is 9.32 Å². The third kappa shape index (κ3) is 2.33. The van der Waals surface area contributed by atoms with Crippen LogP contribution < -0.4 is 10.5 Å². The van der Waals surface area contributed by atoms with Gasteiger partial charge in [0.25, 0.3) is 5.56 Å². The molecule has 134 valence electrons. The predicted octanol–water partition coefficient (Wildman–Crippen LogP) is 3.51. The van der Waals surface area contributed by atoms with Gasteiger partial charge in [0, 0.05) is 27.2 Å². The van der Waals surface area contributed by atoms with Crippen LogP contribution in [-0.4, -0.2) is 33.6 Å². The molecule has 0 atom stereocenters. The second-order valence-electron chi connectivity index (χ2n) is 6.49. The summed E-state index contributed by atoms with van der Waals surface area (Å²) in [6.07, 6.45) is 3.32. The van der Waals surface area contributed by atoms with Gasteiger partial charge in [-0.2, -0.15) is 0 Å². The van der Waals surface area contributed by atoms with E-state index < -0.39 is 0 Å². The van der Waals surface area contributed by atoms with Gasteiger partial charge in [0.2, 0.25) is 0 Å². The van der Waals surface area contributed by atoms with Gasteiger partial charge in [0.1, 0.15) is 21.4 Å². The number of fused-ring (bicyclic) bond motifs is 4. The minimum atomic E-state index is -0.118. The molecule has 0 unspecified atom stereocenters. The Labute approximate surface area is 157 Å². The molecule has 7 nitrogen and oxygen atoms in total. The lowest BCUT2D eigenvalue weighted by atomic mass is 10.2. The van der Waals surface area contributed by atoms with Crippen molar-refractivity contribution in [2.45, 2.75) is 6.92 Å². The molecule has 1 aromatic carbocycles. The number of aryl methyl sites for hydroxylation is 1. The van der Waals surface area contributed by atoms with E-state index in [2.05, 4.69) is 15.0 Å². The fourth-order valence-corrected chi connectivity index (χ4v) is 4.32. The van der Waals surface area contributed by atoms with Crippen LogP contribution in [0.2, 0.25) is 0 Å². The summed E-state index contributed by atoms with van der Waals surface area (Å²) in [6, 6.07) is 7.41. The van der Waals surface area contributed by atoms with E-state index in [0.29, 0.717) is 32.9 Å². The topological polar surface area (TPSA) is 77.1 Å². The molecular formula is C19H15N5O2S. The standard InChI is InChI=1S/C19H15N5O2S/c1-10-22-12-8-11(4-5-14(12)26-10)24-9-21-16-15-13(23(2)3)6-7-20-18(15)27-17(16)19(24)25/h4-9H,1-3H3. The van der Waals surface area contributed by atoms with Crippen molar-refractivity contribution in [1.82, 2.24) is 19.5 Å². The first-order valence-corrected chi connectivity index (χ1v) is 9.18. The highest BCUT2D eigenvalue weighted by atomic mass is 32.1. The largest absolute Gasteiger partial charge is 0.441 e. The quantitative estimate of drug-likeness (QED) is 0.468. The molecule has 8 heteroatoms. The average Bonchev–Trinajstić information content (AvgIpc) is 3.21. The molecule has 0 radical (unpaired) electrons. The summed E-state index contributed by atoms with van der Waals surface area (Å²) in [6.45, 7) is 1.80. The molecule has 0 aliphatic carbocycles. The van der Waals surface area contributed by atoms with E-state index >= 15 is 0 Å². The summed E-state index contributed by atoms with van der Waals surface area (Å²) >= 11 is 1.37. The maximum absolute atomic E-state index is 13.2. The molecule has 4 heterocycles. The molecule has 5 rings (SSSR count). The van der Waals surface area contributed by atoms with Crippen LogP contribution >= 0.6 is 11.3 Å². The lowest BCUT2D eigenvalue weighted by Crippen LogP contribution is -2.17. The van der Waals surface area contributed by atoms with Gasteiger partial charge in [-0.15, -0.1) is 11.3 Å². The maximum atomic E-state index is 13.2. The zero-order valence-corrected chi connectivity index (χ0v) is 15.7. The second kappa shape index (κ2) is 5.62. The van der Waals surface area contributed by atoms with E-state index in [1.165, 1.54) is 15.9 Å². The highest BCUT2D eigenvalue weighted by Crippen LogP contribution is 2.35. The van der Waals surface area contributed by atoms with E-state index in [9.17, 15) is 4.79 Å². The number of anilines is 1. The van der Waals surface area contributed by atoms with Gasteiger partial charge >= 0.3 is 0 Å². The Morgan fingerprint density at radius 3 is 2.85 bits per heavy atom. The summed E-state index contributed by atoms with van der Waals surface area (Å²) in [7, 11) is 3.93. The number of pyridine rings is 1. The molecule has 0 spiro atoms. The first kappa shape index (κ1) is 16.0. The number of thiophene rings is 1. The van der Waals surface area contributed by atoms with Crippen LogP contribution in [-0.2, 0) is 0 Å². The number of oxazole rings is 1. The van der Waals surface area contributed by atoms with Crippen molar-refractivity contribution in [2.24, 2.45) is 0 Å². The van der Waals surface area contributed by atoms with Crippen molar-refractivity contribution >= 4 is 48.6 Å². The highest BCUT2D eigenvalue weighted by Gasteiger charge is 2.17. The molecule has 27 heavy (non-hydrogen) atoms. The molecule has 0 amide bonds. The zero-order chi connectivity index (χ0) is 18.7. The van der Waals surface area contributed by atoms with E-state index in [0.717, 1.165) is 15.9 Å². The van der Waals surface area contributed by atoms with Crippen molar-refractivity contribution in [3.8, 4) is 5.69 Å². The first-order chi connectivity index (χ1) is 13.0. The van der Waals surface area contributed by atoms with Crippen molar-refractivity contribution in [1.29, 1.82) is 0 Å². The van der Waals surface area contributed by atoms with Gasteiger partial charge in [0.15, 0.2) is 11.5 Å². The van der Waals surface area contributed by atoms with Crippen LogP contribution in [0.5, 0.6) is 0 Å². The first-order valence-electron chi connectivity index (χ1n) is 8.36. The Balaban J connectivity index is 1.79. The SMILES string of the molecule is Cc1nc2cc(-n3cnc4c(sc5nccc(N(C)C)c54)c3=O)ccc2o1. The van der Waals surface area contributed by atoms with Gasteiger partial charge in [-0.25, -0.2) is 15.0 Å². The lowest BCUT2D eigenvalue weighted by molar-refractivity contribution is 0.561. The molecule has 0 aliphatic heterocycles. The summed E-state index contributed by atoms with van der Waals surface area (Å²) < 4.78 is 7.64. The maximum Gasteiger partial charge on any atom is 0.275 e. The van der Waals surface area contributed by atoms with Gasteiger partial charge in [0.05, 0.1) is 22.3 Å². The smallest absolute Gasteiger partial charge is 0.275 e. The third-order valence-corrected chi connectivity index (χ3v) is 5.57. The summed E-state index contributed by atoms with van der Waals surface area (Å²) in [4.78, 5) is 29.3. The molecular weight excluding hydrogens is 362 g/mol. The lowest BCUT2D eigenvalue weighted by Gasteiger charge is -2.13. The number of aromatic nitrogens is 4. The minimum Gasteiger partial charge on any atom is -0.441 e. The van der Waals surface area contributed by atoms with Crippen molar-refractivity contribution in [3.05, 3.63) is 53.0 Å². The van der Waals surface area contributed by atoms with Crippen LogP contribution in [0.4, 0.5) is 5.69 Å². The Hall–Kier alpha value is -3.26. The normalized spacial score (nSPS) is 11.7. The fourth-order valence-electron chi connectivity index (χ4n) is 3.27.